The van der Waals surface area contributed by atoms with Gasteiger partial charge in [0.15, 0.2) is 5.13 Å². The topological polar surface area (TPSA) is 51.2 Å². The SMILES string of the molecule is CCCOc1ccc(C(=O)Nc2ncc(Cc3ccc(C)cc3)s2)cc1. The second-order valence-electron chi connectivity index (χ2n) is 6.12. The maximum Gasteiger partial charge on any atom is 0.257 e. The van der Waals surface area contributed by atoms with Crippen LogP contribution in [-0.2, 0) is 6.42 Å². The molecule has 0 unspecified atom stereocenters. The van der Waals surface area contributed by atoms with Gasteiger partial charge in [0.05, 0.1) is 6.61 Å². The number of hydrogen-bond donors (Lipinski definition) is 1. The molecule has 1 amide bonds. The molecule has 0 atom stereocenters. The van der Waals surface area contributed by atoms with Gasteiger partial charge in [-0.05, 0) is 43.2 Å². The fourth-order valence-electron chi connectivity index (χ4n) is 2.45. The molecule has 1 heterocycles. The third-order valence-electron chi connectivity index (χ3n) is 3.86. The smallest absolute Gasteiger partial charge is 0.257 e. The molecule has 5 heteroatoms. The maximum atomic E-state index is 12.4. The molecule has 0 spiro atoms. The van der Waals surface area contributed by atoms with Gasteiger partial charge in [-0.1, -0.05) is 36.8 Å². The minimum atomic E-state index is -0.164. The fourth-order valence-corrected chi connectivity index (χ4v) is 3.29. The summed E-state index contributed by atoms with van der Waals surface area (Å²) in [6, 6.07) is 15.6. The number of thiazole rings is 1. The normalized spacial score (nSPS) is 10.5. The van der Waals surface area contributed by atoms with Crippen LogP contribution in [0.1, 0.15) is 39.7 Å². The molecule has 3 aromatic rings. The molecule has 134 valence electrons. The number of aryl methyl sites for hydroxylation is 1. The lowest BCUT2D eigenvalue weighted by Crippen LogP contribution is -2.11. The van der Waals surface area contributed by atoms with Crippen molar-refractivity contribution in [3.63, 3.8) is 0 Å². The number of ether oxygens (including phenoxy) is 1. The second-order valence-corrected chi connectivity index (χ2v) is 7.24. The van der Waals surface area contributed by atoms with Crippen molar-refractivity contribution in [1.29, 1.82) is 0 Å². The number of carbonyl (C=O) groups is 1. The van der Waals surface area contributed by atoms with Gasteiger partial charge in [-0.25, -0.2) is 4.98 Å². The number of rotatable bonds is 7. The number of nitrogens with zero attached hydrogens (tertiary/aromatic N) is 1. The molecule has 0 aliphatic rings. The average molecular weight is 366 g/mol. The zero-order valence-corrected chi connectivity index (χ0v) is 15.8. The lowest BCUT2D eigenvalue weighted by atomic mass is 10.1. The molecule has 0 saturated carbocycles. The van der Waals surface area contributed by atoms with Gasteiger partial charge >= 0.3 is 0 Å². The van der Waals surface area contributed by atoms with Crippen LogP contribution in [0.3, 0.4) is 0 Å². The zero-order valence-electron chi connectivity index (χ0n) is 15.0. The van der Waals surface area contributed by atoms with Crippen molar-refractivity contribution >= 4 is 22.4 Å². The fraction of sp³-hybridized carbons (Fsp3) is 0.238. The first-order chi connectivity index (χ1) is 12.6. The van der Waals surface area contributed by atoms with Crippen LogP contribution in [0.2, 0.25) is 0 Å². The van der Waals surface area contributed by atoms with Crippen LogP contribution in [0.25, 0.3) is 0 Å². The van der Waals surface area contributed by atoms with E-state index in [1.807, 2.05) is 18.3 Å². The van der Waals surface area contributed by atoms with Crippen molar-refractivity contribution in [3.8, 4) is 5.75 Å². The highest BCUT2D eigenvalue weighted by atomic mass is 32.1. The van der Waals surface area contributed by atoms with E-state index in [-0.39, 0.29) is 5.91 Å². The molecule has 0 aliphatic carbocycles. The lowest BCUT2D eigenvalue weighted by Gasteiger charge is -2.05. The first-order valence-electron chi connectivity index (χ1n) is 8.68. The van der Waals surface area contributed by atoms with Crippen LogP contribution in [0.5, 0.6) is 5.75 Å². The maximum absolute atomic E-state index is 12.4. The highest BCUT2D eigenvalue weighted by Crippen LogP contribution is 2.22. The predicted octanol–water partition coefficient (Wildman–Crippen LogP) is 5.08. The highest BCUT2D eigenvalue weighted by Gasteiger charge is 2.10. The molecule has 1 N–H and O–H groups in total. The number of benzene rings is 2. The average Bonchev–Trinajstić information content (AvgIpc) is 3.09. The van der Waals surface area contributed by atoms with Crippen molar-refractivity contribution in [3.05, 3.63) is 76.3 Å². The van der Waals surface area contributed by atoms with Crippen LogP contribution < -0.4 is 10.1 Å². The zero-order chi connectivity index (χ0) is 18.4. The molecule has 4 nitrogen and oxygen atoms in total. The third-order valence-corrected chi connectivity index (χ3v) is 4.78. The van der Waals surface area contributed by atoms with E-state index in [4.69, 9.17) is 4.74 Å². The molecular weight excluding hydrogens is 344 g/mol. The van der Waals surface area contributed by atoms with E-state index >= 15 is 0 Å². The van der Waals surface area contributed by atoms with E-state index in [1.165, 1.54) is 22.5 Å². The van der Waals surface area contributed by atoms with Crippen LogP contribution in [-0.4, -0.2) is 17.5 Å². The summed E-state index contributed by atoms with van der Waals surface area (Å²) in [5.41, 5.74) is 3.07. The number of aromatic nitrogens is 1. The van der Waals surface area contributed by atoms with Gasteiger partial charge in [0, 0.05) is 23.1 Å². The minimum Gasteiger partial charge on any atom is -0.494 e. The molecule has 0 bridgehead atoms. The molecule has 0 aliphatic heterocycles. The van der Waals surface area contributed by atoms with Crippen molar-refractivity contribution in [2.24, 2.45) is 0 Å². The molecular formula is C21H22N2O2S. The van der Waals surface area contributed by atoms with Gasteiger partial charge in [0.2, 0.25) is 0 Å². The Balaban J connectivity index is 1.59. The molecule has 1 aromatic heterocycles. The first kappa shape index (κ1) is 18.1. The minimum absolute atomic E-state index is 0.164. The van der Waals surface area contributed by atoms with E-state index in [0.717, 1.165) is 23.5 Å². The van der Waals surface area contributed by atoms with E-state index in [0.29, 0.717) is 17.3 Å². The number of amides is 1. The van der Waals surface area contributed by atoms with Gasteiger partial charge in [-0.3, -0.25) is 10.1 Å². The monoisotopic (exact) mass is 366 g/mol. The Kier molecular flexibility index (Phi) is 6.02. The number of carbonyl (C=O) groups excluding carboxylic acids is 1. The van der Waals surface area contributed by atoms with Crippen LogP contribution >= 0.6 is 11.3 Å². The lowest BCUT2D eigenvalue weighted by molar-refractivity contribution is 0.102. The molecule has 0 radical (unpaired) electrons. The van der Waals surface area contributed by atoms with Crippen LogP contribution in [0, 0.1) is 6.92 Å². The van der Waals surface area contributed by atoms with E-state index in [9.17, 15) is 4.79 Å². The van der Waals surface area contributed by atoms with Crippen molar-refractivity contribution in [1.82, 2.24) is 4.98 Å². The number of hydrogen-bond acceptors (Lipinski definition) is 4. The largest absolute Gasteiger partial charge is 0.494 e. The van der Waals surface area contributed by atoms with E-state index < -0.39 is 0 Å². The van der Waals surface area contributed by atoms with Gasteiger partial charge in [0.1, 0.15) is 5.75 Å². The first-order valence-corrected chi connectivity index (χ1v) is 9.50. The summed E-state index contributed by atoms with van der Waals surface area (Å²) in [5, 5.41) is 3.48. The Hall–Kier alpha value is -2.66. The Labute approximate surface area is 157 Å². The van der Waals surface area contributed by atoms with Gasteiger partial charge in [-0.15, -0.1) is 11.3 Å². The van der Waals surface area contributed by atoms with Gasteiger partial charge in [0.25, 0.3) is 5.91 Å². The van der Waals surface area contributed by atoms with E-state index in [2.05, 4.69) is 48.4 Å². The number of nitrogens with one attached hydrogen (secondary N) is 1. The van der Waals surface area contributed by atoms with Crippen LogP contribution in [0.15, 0.2) is 54.7 Å². The van der Waals surface area contributed by atoms with Crippen molar-refractivity contribution in [2.45, 2.75) is 26.7 Å². The summed E-state index contributed by atoms with van der Waals surface area (Å²) < 4.78 is 5.53. The summed E-state index contributed by atoms with van der Waals surface area (Å²) in [6.45, 7) is 4.81. The molecule has 0 saturated heterocycles. The summed E-state index contributed by atoms with van der Waals surface area (Å²) in [4.78, 5) is 17.8. The third kappa shape index (κ3) is 4.92. The predicted molar refractivity (Wildman–Crippen MR) is 106 cm³/mol. The molecule has 0 fully saturated rings. The van der Waals surface area contributed by atoms with Crippen molar-refractivity contribution < 1.29 is 9.53 Å². The summed E-state index contributed by atoms with van der Waals surface area (Å²) in [5.74, 6) is 0.612. The van der Waals surface area contributed by atoms with Gasteiger partial charge in [-0.2, -0.15) is 0 Å². The highest BCUT2D eigenvalue weighted by molar-refractivity contribution is 7.15. The van der Waals surface area contributed by atoms with Crippen molar-refractivity contribution in [2.75, 3.05) is 11.9 Å². The Morgan fingerprint density at radius 3 is 2.54 bits per heavy atom. The van der Waals surface area contributed by atoms with Crippen LogP contribution in [0.4, 0.5) is 5.13 Å². The summed E-state index contributed by atoms with van der Waals surface area (Å²) >= 11 is 1.50. The number of anilines is 1. The Morgan fingerprint density at radius 2 is 1.85 bits per heavy atom. The summed E-state index contributed by atoms with van der Waals surface area (Å²) in [7, 11) is 0. The second kappa shape index (κ2) is 8.63. The van der Waals surface area contributed by atoms with E-state index in [1.54, 1.807) is 12.1 Å². The molecule has 2 aromatic carbocycles. The van der Waals surface area contributed by atoms with Gasteiger partial charge < -0.3 is 4.74 Å². The summed E-state index contributed by atoms with van der Waals surface area (Å²) in [6.07, 6.45) is 3.59. The quantitative estimate of drug-likeness (QED) is 0.634. The molecule has 3 rings (SSSR count). The standard InChI is InChI=1S/C21H22N2O2S/c1-3-12-25-18-10-8-17(9-11-18)20(24)23-21-22-14-19(26-21)13-16-6-4-15(2)5-7-16/h4-11,14H,3,12-13H2,1-2H3,(H,22,23,24). The Morgan fingerprint density at radius 1 is 1.12 bits per heavy atom. The Bertz CT molecular complexity index is 854. The molecule has 26 heavy (non-hydrogen) atoms.